The van der Waals surface area contributed by atoms with Crippen LogP contribution >= 0.6 is 0 Å². The van der Waals surface area contributed by atoms with Gasteiger partial charge >= 0.3 is 5.97 Å². The maximum Gasteiger partial charge on any atom is 0.339 e. The van der Waals surface area contributed by atoms with Gasteiger partial charge in [-0.1, -0.05) is 0 Å². The third-order valence-corrected chi connectivity index (χ3v) is 1.85. The number of rotatable bonds is 2. The Kier molecular flexibility index (Phi) is 2.13. The molecule has 0 amide bonds. The Morgan fingerprint density at radius 2 is 2.27 bits per heavy atom. The summed E-state index contributed by atoms with van der Waals surface area (Å²) in [6.45, 7) is 1.61. The molecule has 2 heterocycles. The molecule has 2 aromatic rings. The van der Waals surface area contributed by atoms with Crippen molar-refractivity contribution in [1.82, 2.24) is 25.4 Å². The van der Waals surface area contributed by atoms with Gasteiger partial charge < -0.3 is 5.11 Å². The normalized spacial score (nSPS) is 10.2. The van der Waals surface area contributed by atoms with E-state index in [1.807, 2.05) is 0 Å². The summed E-state index contributed by atoms with van der Waals surface area (Å²) < 4.78 is 0. The molecule has 2 aromatic heterocycles. The van der Waals surface area contributed by atoms with Crippen LogP contribution in [0.1, 0.15) is 16.1 Å². The lowest BCUT2D eigenvalue weighted by Gasteiger charge is -2.00. The summed E-state index contributed by atoms with van der Waals surface area (Å²) in [6.07, 6.45) is 2.73. The van der Waals surface area contributed by atoms with Gasteiger partial charge in [0.2, 0.25) is 0 Å². The van der Waals surface area contributed by atoms with Crippen molar-refractivity contribution in [2.45, 2.75) is 6.92 Å². The highest BCUT2D eigenvalue weighted by Gasteiger charge is 2.11. The number of carboxylic acid groups (broad SMARTS) is 1. The Balaban J connectivity index is 2.47. The lowest BCUT2D eigenvalue weighted by atomic mass is 10.2. The molecule has 0 atom stereocenters. The number of carbonyl (C=O) groups is 1. The molecule has 7 heteroatoms. The zero-order chi connectivity index (χ0) is 10.8. The molecule has 7 nitrogen and oxygen atoms in total. The van der Waals surface area contributed by atoms with Crippen LogP contribution in [0.4, 0.5) is 0 Å². The first kappa shape index (κ1) is 9.25. The van der Waals surface area contributed by atoms with E-state index in [9.17, 15) is 4.79 Å². The summed E-state index contributed by atoms with van der Waals surface area (Å²) in [5.74, 6) is -0.689. The van der Waals surface area contributed by atoms with Crippen molar-refractivity contribution in [2.75, 3.05) is 0 Å². The van der Waals surface area contributed by atoms with E-state index >= 15 is 0 Å². The molecule has 2 rings (SSSR count). The fourth-order valence-electron chi connectivity index (χ4n) is 1.11. The van der Waals surface area contributed by atoms with Gasteiger partial charge in [-0.2, -0.15) is 15.4 Å². The number of carboxylic acids is 1. The Morgan fingerprint density at radius 1 is 1.47 bits per heavy atom. The minimum absolute atomic E-state index is 0.0854. The van der Waals surface area contributed by atoms with Crippen molar-refractivity contribution in [3.8, 4) is 11.5 Å². The minimum Gasteiger partial charge on any atom is -0.478 e. The fraction of sp³-hybridized carbons (Fsp3) is 0.125. The number of H-pyrrole nitrogens is 1. The Hall–Kier alpha value is -2.31. The molecule has 0 bridgehead atoms. The molecule has 0 aromatic carbocycles. The molecular formula is C8H7N5O2. The van der Waals surface area contributed by atoms with Crippen LogP contribution < -0.4 is 0 Å². The van der Waals surface area contributed by atoms with E-state index in [1.54, 1.807) is 6.92 Å². The number of aromatic amines is 1. The zero-order valence-electron chi connectivity index (χ0n) is 7.80. The molecule has 2 N–H and O–H groups in total. The molecule has 0 spiro atoms. The van der Waals surface area contributed by atoms with E-state index in [1.165, 1.54) is 12.4 Å². The van der Waals surface area contributed by atoms with Crippen LogP contribution in [0.2, 0.25) is 0 Å². The van der Waals surface area contributed by atoms with Gasteiger partial charge in [-0.15, -0.1) is 0 Å². The summed E-state index contributed by atoms with van der Waals surface area (Å²) in [5.41, 5.74) is 0.966. The van der Waals surface area contributed by atoms with Crippen molar-refractivity contribution in [2.24, 2.45) is 0 Å². The fourth-order valence-corrected chi connectivity index (χ4v) is 1.11. The summed E-state index contributed by atoms with van der Waals surface area (Å²) >= 11 is 0. The quantitative estimate of drug-likeness (QED) is 0.728. The van der Waals surface area contributed by atoms with E-state index < -0.39 is 5.97 Å². The highest BCUT2D eigenvalue weighted by atomic mass is 16.4. The molecule has 0 aliphatic rings. The molecule has 0 aliphatic heterocycles. The largest absolute Gasteiger partial charge is 0.478 e. The van der Waals surface area contributed by atoms with E-state index in [-0.39, 0.29) is 5.56 Å². The summed E-state index contributed by atoms with van der Waals surface area (Å²) in [7, 11) is 0. The van der Waals surface area contributed by atoms with Crippen LogP contribution in [0.25, 0.3) is 11.5 Å². The molecule has 15 heavy (non-hydrogen) atoms. The summed E-state index contributed by atoms with van der Waals surface area (Å²) in [4.78, 5) is 18.6. The van der Waals surface area contributed by atoms with Crippen LogP contribution in [-0.4, -0.2) is 36.5 Å². The van der Waals surface area contributed by atoms with Crippen LogP contribution in [-0.2, 0) is 0 Å². The van der Waals surface area contributed by atoms with Crippen LogP contribution in [0.3, 0.4) is 0 Å². The SMILES string of the molecule is Cc1nc(-c2cn[nH]n2)ncc1C(=O)O. The molecule has 0 radical (unpaired) electrons. The van der Waals surface area contributed by atoms with Crippen molar-refractivity contribution >= 4 is 5.97 Å². The van der Waals surface area contributed by atoms with E-state index in [0.29, 0.717) is 17.2 Å². The van der Waals surface area contributed by atoms with Gasteiger partial charge in [-0.3, -0.25) is 0 Å². The molecule has 0 aliphatic carbocycles. The van der Waals surface area contributed by atoms with Crippen molar-refractivity contribution in [3.63, 3.8) is 0 Å². The predicted octanol–water partition coefficient (Wildman–Crippen LogP) is 0.268. The van der Waals surface area contributed by atoms with Crippen LogP contribution in [0, 0.1) is 6.92 Å². The lowest BCUT2D eigenvalue weighted by Crippen LogP contribution is -2.04. The van der Waals surface area contributed by atoms with Crippen molar-refractivity contribution in [1.29, 1.82) is 0 Å². The van der Waals surface area contributed by atoms with Crippen LogP contribution in [0.15, 0.2) is 12.4 Å². The van der Waals surface area contributed by atoms with E-state index in [2.05, 4.69) is 25.4 Å². The van der Waals surface area contributed by atoms with Gasteiger partial charge in [0.25, 0.3) is 0 Å². The van der Waals surface area contributed by atoms with Gasteiger partial charge in [0.05, 0.1) is 17.5 Å². The van der Waals surface area contributed by atoms with Crippen molar-refractivity contribution < 1.29 is 9.90 Å². The zero-order valence-corrected chi connectivity index (χ0v) is 7.80. The number of nitrogens with zero attached hydrogens (tertiary/aromatic N) is 4. The molecule has 0 saturated heterocycles. The second-order valence-corrected chi connectivity index (χ2v) is 2.85. The molecule has 76 valence electrons. The maximum absolute atomic E-state index is 10.7. The average molecular weight is 205 g/mol. The average Bonchev–Trinajstić information content (AvgIpc) is 2.69. The Labute approximate surface area is 84.2 Å². The minimum atomic E-state index is -1.04. The summed E-state index contributed by atoms with van der Waals surface area (Å²) in [5, 5.41) is 18.6. The molecule has 0 saturated carbocycles. The molecule has 0 fully saturated rings. The smallest absolute Gasteiger partial charge is 0.339 e. The van der Waals surface area contributed by atoms with Gasteiger partial charge in [0.1, 0.15) is 5.69 Å². The first-order chi connectivity index (χ1) is 7.18. The van der Waals surface area contributed by atoms with Gasteiger partial charge in [-0.05, 0) is 6.92 Å². The number of aromatic nitrogens is 5. The molecule has 0 unspecified atom stereocenters. The predicted molar refractivity (Wildman–Crippen MR) is 49.1 cm³/mol. The van der Waals surface area contributed by atoms with Gasteiger partial charge in [-0.25, -0.2) is 14.8 Å². The Morgan fingerprint density at radius 3 is 2.80 bits per heavy atom. The number of aryl methyl sites for hydroxylation is 1. The van der Waals surface area contributed by atoms with Crippen LogP contribution in [0.5, 0.6) is 0 Å². The highest BCUT2D eigenvalue weighted by molar-refractivity contribution is 5.88. The first-order valence-corrected chi connectivity index (χ1v) is 4.11. The second kappa shape index (κ2) is 3.45. The van der Waals surface area contributed by atoms with Crippen molar-refractivity contribution in [3.05, 3.63) is 23.7 Å². The third-order valence-electron chi connectivity index (χ3n) is 1.85. The van der Waals surface area contributed by atoms with Gasteiger partial charge in [0.15, 0.2) is 5.82 Å². The second-order valence-electron chi connectivity index (χ2n) is 2.85. The Bertz CT molecular complexity index is 494. The molecular weight excluding hydrogens is 198 g/mol. The van der Waals surface area contributed by atoms with E-state index in [0.717, 1.165) is 0 Å². The number of aromatic carboxylic acids is 1. The van der Waals surface area contributed by atoms with E-state index in [4.69, 9.17) is 5.11 Å². The maximum atomic E-state index is 10.7. The number of hydrogen-bond acceptors (Lipinski definition) is 5. The standard InChI is InChI=1S/C8H7N5O2/c1-4-5(8(14)15)2-9-7(11-4)6-3-10-13-12-6/h2-3H,1H3,(H,14,15)(H,10,12,13). The first-order valence-electron chi connectivity index (χ1n) is 4.11. The number of nitrogens with one attached hydrogen (secondary N) is 1. The van der Waals surface area contributed by atoms with Gasteiger partial charge in [0, 0.05) is 6.20 Å². The monoisotopic (exact) mass is 205 g/mol. The topological polar surface area (TPSA) is 105 Å². The summed E-state index contributed by atoms with van der Waals surface area (Å²) in [6, 6.07) is 0. The number of hydrogen-bond donors (Lipinski definition) is 2. The third kappa shape index (κ3) is 1.66. The lowest BCUT2D eigenvalue weighted by molar-refractivity contribution is 0.0695. The highest BCUT2D eigenvalue weighted by Crippen LogP contribution is 2.11.